The molecule has 3 N–H and O–H groups in total. The van der Waals surface area contributed by atoms with Gasteiger partial charge < -0.3 is 11.6 Å². The molecule has 0 aliphatic rings. The molecule has 76 valence electrons. The molecule has 0 fully saturated rings. The topological polar surface area (TPSA) is 72.8 Å². The van der Waals surface area contributed by atoms with Crippen LogP contribution in [0.3, 0.4) is 0 Å². The van der Waals surface area contributed by atoms with Crippen LogP contribution in [0.1, 0.15) is 1.43 Å². The number of hydrogen-bond acceptors (Lipinski definition) is 3. The van der Waals surface area contributed by atoms with E-state index >= 15 is 0 Å². The Morgan fingerprint density at radius 2 is 1.77 bits per heavy atom. The number of thiocarbonyl (C=S) groups is 1. The first-order valence-corrected chi connectivity index (χ1v) is 5.58. The molecule has 0 bridgehead atoms. The van der Waals surface area contributed by atoms with Crippen LogP contribution in [-0.4, -0.2) is 44.5 Å². The predicted octanol–water partition coefficient (Wildman–Crippen LogP) is -3.15. The fourth-order valence-corrected chi connectivity index (χ4v) is 0.224. The number of rotatable bonds is 0. The van der Waals surface area contributed by atoms with Crippen LogP contribution in [0.4, 0.5) is 0 Å². The summed E-state index contributed by atoms with van der Waals surface area (Å²) in [6, 6.07) is 0. The minimum atomic E-state index is -3.83. The molecule has 0 aromatic heterocycles. The monoisotopic (exact) mass is 256 g/mol. The Morgan fingerprint density at radius 3 is 1.77 bits per heavy atom. The summed E-state index contributed by atoms with van der Waals surface area (Å²) >= 11 is 8.26. The molecular formula is C4H13N2NaO3S3. The van der Waals surface area contributed by atoms with E-state index in [1.807, 2.05) is 26.0 Å². The molecule has 0 aromatic carbocycles. The predicted molar refractivity (Wildman–Crippen MR) is 57.2 cm³/mol. The van der Waals surface area contributed by atoms with Crippen molar-refractivity contribution in [3.8, 4) is 0 Å². The molecule has 13 heavy (non-hydrogen) atoms. The second-order valence-electron chi connectivity index (χ2n) is 1.90. The van der Waals surface area contributed by atoms with Crippen molar-refractivity contribution < 1.29 is 44.3 Å². The molecule has 0 saturated heterocycles. The second kappa shape index (κ2) is 9.53. The zero-order valence-electron chi connectivity index (χ0n) is 8.97. The summed E-state index contributed by atoms with van der Waals surface area (Å²) in [5.41, 5.74) is 0. The van der Waals surface area contributed by atoms with E-state index in [1.165, 1.54) is 0 Å². The molecule has 5 nitrogen and oxygen atoms in total. The van der Waals surface area contributed by atoms with Crippen LogP contribution >= 0.6 is 12.2 Å². The van der Waals surface area contributed by atoms with Crippen molar-refractivity contribution in [1.82, 2.24) is 10.2 Å². The Hall–Kier alpha value is 0.980. The average molecular weight is 256 g/mol. The summed E-state index contributed by atoms with van der Waals surface area (Å²) in [5, 5.41) is 3.59. The van der Waals surface area contributed by atoms with Gasteiger partial charge in [0.05, 0.1) is 0 Å². The molecule has 9 heteroatoms. The maximum atomic E-state index is 9.11. The first kappa shape index (κ1) is 19.5. The number of nitrogens with one attached hydrogen (secondary N) is 1. The van der Waals surface area contributed by atoms with Crippen LogP contribution in [0, 0.1) is 0 Å². The fraction of sp³-hybridized carbons (Fsp3) is 0.750. The molecule has 0 radical (unpaired) electrons. The fourth-order valence-electron chi connectivity index (χ4n) is 0.224. The van der Waals surface area contributed by atoms with Crippen LogP contribution in [0.5, 0.6) is 0 Å². The summed E-state index contributed by atoms with van der Waals surface area (Å²) in [6.45, 7) is 0. The zero-order chi connectivity index (χ0) is 10.4. The Kier molecular flexibility index (Phi) is 14.3. The van der Waals surface area contributed by atoms with Gasteiger partial charge in [-0.15, -0.1) is 0 Å². The van der Waals surface area contributed by atoms with E-state index in [0.717, 1.165) is 5.11 Å². The van der Waals surface area contributed by atoms with Crippen molar-refractivity contribution in [1.29, 1.82) is 0 Å². The summed E-state index contributed by atoms with van der Waals surface area (Å²) in [7, 11) is 1.78. The molecule has 0 saturated carbocycles. The van der Waals surface area contributed by atoms with Crippen LogP contribution in [0.15, 0.2) is 0 Å². The van der Waals surface area contributed by atoms with Crippen molar-refractivity contribution in [2.24, 2.45) is 0 Å². The van der Waals surface area contributed by atoms with E-state index in [-0.39, 0.29) is 31.0 Å². The Bertz CT molecular complexity index is 226. The molecule has 0 spiro atoms. The summed E-state index contributed by atoms with van der Waals surface area (Å²) in [4.78, 5) is 1.84. The van der Waals surface area contributed by atoms with Crippen molar-refractivity contribution >= 4 is 37.6 Å². The Labute approximate surface area is 112 Å². The van der Waals surface area contributed by atoms with Gasteiger partial charge in [-0.05, 0) is 12.2 Å². The third kappa shape index (κ3) is 32.1. The van der Waals surface area contributed by atoms with Gasteiger partial charge in [0.25, 0.3) is 9.05 Å². The van der Waals surface area contributed by atoms with E-state index in [9.17, 15) is 0 Å². The standard InChI is InChI=1S/C4H10N2S.Na.H2O3S2.H/c1-5-4(7)6(2)3;;1-5(2,3)4;/h1-3H3,(H,5,7);;(H2,1,2,3,4);/q;+1;;-1. The van der Waals surface area contributed by atoms with Crippen LogP contribution in [-0.2, 0) is 20.2 Å². The minimum Gasteiger partial charge on any atom is -1.00 e. The molecule has 0 rings (SSSR count). The van der Waals surface area contributed by atoms with E-state index in [1.54, 1.807) is 0 Å². The van der Waals surface area contributed by atoms with Gasteiger partial charge in [-0.1, -0.05) is 0 Å². The second-order valence-corrected chi connectivity index (χ2v) is 4.48. The third-order valence-corrected chi connectivity index (χ3v) is 1.19. The Morgan fingerprint density at radius 1 is 1.54 bits per heavy atom. The van der Waals surface area contributed by atoms with Gasteiger partial charge in [-0.2, -0.15) is 4.21 Å². The SMILES string of the molecule is CNC(=S)N(C)C.O=S(O)(O)=S.[H-].[Na+]. The van der Waals surface area contributed by atoms with Gasteiger partial charge in [-0.3, -0.25) is 9.11 Å². The summed E-state index contributed by atoms with van der Waals surface area (Å²) in [6.07, 6.45) is 0. The van der Waals surface area contributed by atoms with Gasteiger partial charge in [0.2, 0.25) is 0 Å². The maximum Gasteiger partial charge on any atom is 1.00 e. The molecule has 0 aliphatic heterocycles. The number of hydrogen-bond donors (Lipinski definition) is 3. The van der Waals surface area contributed by atoms with E-state index in [4.69, 9.17) is 25.5 Å². The van der Waals surface area contributed by atoms with Crippen molar-refractivity contribution in [2.45, 2.75) is 0 Å². The van der Waals surface area contributed by atoms with Crippen molar-refractivity contribution in [3.63, 3.8) is 0 Å². The van der Waals surface area contributed by atoms with Gasteiger partial charge in [0.1, 0.15) is 0 Å². The average Bonchev–Trinajstić information content (AvgIpc) is 1.82. The molecule has 0 atom stereocenters. The quantitative estimate of drug-likeness (QED) is 0.312. The maximum absolute atomic E-state index is 9.11. The van der Waals surface area contributed by atoms with Crippen molar-refractivity contribution in [2.75, 3.05) is 21.1 Å². The van der Waals surface area contributed by atoms with E-state index in [0.29, 0.717) is 0 Å². The van der Waals surface area contributed by atoms with Gasteiger partial charge in [0.15, 0.2) is 5.11 Å². The minimum absolute atomic E-state index is 0. The molecule has 0 aliphatic carbocycles. The van der Waals surface area contributed by atoms with Crippen LogP contribution in [0.25, 0.3) is 0 Å². The van der Waals surface area contributed by atoms with Crippen LogP contribution < -0.4 is 34.9 Å². The van der Waals surface area contributed by atoms with Gasteiger partial charge in [0, 0.05) is 32.3 Å². The molecule has 0 amide bonds. The van der Waals surface area contributed by atoms with Gasteiger partial charge in [-0.25, -0.2) is 0 Å². The first-order valence-electron chi connectivity index (χ1n) is 2.77. The van der Waals surface area contributed by atoms with Gasteiger partial charge >= 0.3 is 29.6 Å². The van der Waals surface area contributed by atoms with E-state index in [2.05, 4.69) is 16.5 Å². The molecule has 0 aromatic rings. The zero-order valence-corrected chi connectivity index (χ0v) is 12.4. The largest absolute Gasteiger partial charge is 1.00 e. The summed E-state index contributed by atoms with van der Waals surface area (Å²) < 4.78 is 24.0. The first-order chi connectivity index (χ1) is 5.18. The molecular weight excluding hydrogens is 243 g/mol. The van der Waals surface area contributed by atoms with Crippen molar-refractivity contribution in [3.05, 3.63) is 0 Å². The molecule has 0 heterocycles. The molecule has 0 unspecified atom stereocenters. The third-order valence-electron chi connectivity index (χ3n) is 0.620. The summed E-state index contributed by atoms with van der Waals surface area (Å²) in [5.74, 6) is 0. The Balaban J connectivity index is -0.0000000651. The van der Waals surface area contributed by atoms with E-state index < -0.39 is 9.05 Å². The van der Waals surface area contributed by atoms with Crippen LogP contribution in [0.2, 0.25) is 0 Å². The smallest absolute Gasteiger partial charge is 1.00 e. The normalized spacial score (nSPS) is 8.69. The number of nitrogens with zero attached hydrogens (tertiary/aromatic N) is 1.